The predicted molar refractivity (Wildman–Crippen MR) is 128 cm³/mol. The summed E-state index contributed by atoms with van der Waals surface area (Å²) in [5.74, 6) is -3.64. The number of hydrogen-bond acceptors (Lipinski definition) is 8. The van der Waals surface area contributed by atoms with E-state index in [1.807, 2.05) is 6.92 Å². The van der Waals surface area contributed by atoms with E-state index in [1.54, 1.807) is 42.7 Å². The number of aryl methyl sites for hydroxylation is 1. The second-order valence-electron chi connectivity index (χ2n) is 7.93. The number of halogens is 1. The zero-order valence-corrected chi connectivity index (χ0v) is 19.7. The number of ether oxygens (including phenoxy) is 2. The van der Waals surface area contributed by atoms with Gasteiger partial charge in [-0.3, -0.25) is 4.90 Å². The third kappa shape index (κ3) is 4.07. The van der Waals surface area contributed by atoms with Crippen LogP contribution in [0.5, 0.6) is 0 Å². The Morgan fingerprint density at radius 2 is 1.78 bits per heavy atom. The van der Waals surface area contributed by atoms with Crippen molar-refractivity contribution in [2.75, 3.05) is 19.1 Å². The Morgan fingerprint density at radius 3 is 2.36 bits per heavy atom. The third-order valence-corrected chi connectivity index (χ3v) is 5.75. The largest absolute Gasteiger partial charge is 0.466 e. The number of nitrogens with two attached hydrogens (primary N) is 1. The molecule has 182 valence electrons. The van der Waals surface area contributed by atoms with Crippen molar-refractivity contribution in [1.82, 2.24) is 9.78 Å². The maximum Gasteiger partial charge on any atom is 0.355 e. The summed E-state index contributed by atoms with van der Waals surface area (Å²) in [6, 6.07) is 14.5. The molecule has 0 amide bonds. The molecule has 0 fully saturated rings. The summed E-state index contributed by atoms with van der Waals surface area (Å²) in [4.78, 5) is 27.5. The Hall–Kier alpha value is -4.91. The zero-order valence-electron chi connectivity index (χ0n) is 19.7. The van der Waals surface area contributed by atoms with Gasteiger partial charge in [0.1, 0.15) is 17.3 Å². The monoisotopic (exact) mass is 487 g/mol. The highest BCUT2D eigenvalue weighted by Gasteiger charge is 2.43. The predicted octanol–water partition coefficient (Wildman–Crippen LogP) is 3.22. The normalized spacial score (nSPS) is 15.5. The molecule has 0 radical (unpaired) electrons. The average Bonchev–Trinajstić information content (AvgIpc) is 3.33. The maximum atomic E-state index is 14.6. The molecule has 36 heavy (non-hydrogen) atoms. The molecule has 9 nitrogen and oxygen atoms in total. The van der Waals surface area contributed by atoms with Crippen LogP contribution in [0.4, 0.5) is 10.1 Å². The number of rotatable bonds is 5. The van der Waals surface area contributed by atoms with Crippen molar-refractivity contribution in [1.29, 1.82) is 5.26 Å². The van der Waals surface area contributed by atoms with E-state index in [2.05, 4.69) is 11.2 Å². The molecule has 1 aliphatic heterocycles. The van der Waals surface area contributed by atoms with Crippen LogP contribution in [0.1, 0.15) is 17.0 Å². The first kappa shape index (κ1) is 24.2. The van der Waals surface area contributed by atoms with Crippen LogP contribution in [0.25, 0.3) is 5.69 Å². The summed E-state index contributed by atoms with van der Waals surface area (Å²) < 4.78 is 26.1. The van der Waals surface area contributed by atoms with Crippen molar-refractivity contribution in [3.8, 4) is 11.8 Å². The van der Waals surface area contributed by atoms with Crippen LogP contribution < -0.4 is 10.6 Å². The third-order valence-electron chi connectivity index (χ3n) is 5.75. The first-order valence-corrected chi connectivity index (χ1v) is 10.8. The van der Waals surface area contributed by atoms with Crippen molar-refractivity contribution < 1.29 is 23.5 Å². The number of carbonyl (C=O) groups is 2. The van der Waals surface area contributed by atoms with Crippen LogP contribution in [0.3, 0.4) is 0 Å². The van der Waals surface area contributed by atoms with Gasteiger partial charge in [0, 0.05) is 12.3 Å². The second-order valence-corrected chi connectivity index (χ2v) is 7.93. The van der Waals surface area contributed by atoms with Gasteiger partial charge in [-0.05, 0) is 30.2 Å². The lowest BCUT2D eigenvalue weighted by atomic mass is 9.81. The fourth-order valence-electron chi connectivity index (χ4n) is 4.18. The van der Waals surface area contributed by atoms with E-state index in [-0.39, 0.29) is 28.4 Å². The molecule has 2 aromatic carbocycles. The van der Waals surface area contributed by atoms with Crippen LogP contribution in [0, 0.1) is 24.1 Å². The number of esters is 2. The smallest absolute Gasteiger partial charge is 0.355 e. The number of aromatic nitrogens is 2. The van der Waals surface area contributed by atoms with E-state index in [4.69, 9.17) is 15.2 Å². The van der Waals surface area contributed by atoms with E-state index in [9.17, 15) is 19.2 Å². The van der Waals surface area contributed by atoms with Crippen molar-refractivity contribution in [3.05, 3.63) is 101 Å². The minimum Gasteiger partial charge on any atom is -0.466 e. The fourth-order valence-corrected chi connectivity index (χ4v) is 4.18. The number of benzene rings is 2. The lowest BCUT2D eigenvalue weighted by molar-refractivity contribution is -0.139. The standard InChI is InChI=1S/C26H22FN5O4/c1-15-13-30-31(14-15)19-10-9-17(27)11-20(19)32-23(26(34)36-3)22(25(33)35-2)21(18(12-28)24(32)29)16-7-5-4-6-8-16/h4-11,13-14,21H,29H2,1-3H3. The van der Waals surface area contributed by atoms with E-state index in [0.29, 0.717) is 11.3 Å². The van der Waals surface area contributed by atoms with Crippen LogP contribution in [-0.4, -0.2) is 35.9 Å². The van der Waals surface area contributed by atoms with Gasteiger partial charge in [0.25, 0.3) is 0 Å². The number of anilines is 1. The highest BCUT2D eigenvalue weighted by Crippen LogP contribution is 2.44. The first-order valence-electron chi connectivity index (χ1n) is 10.8. The van der Waals surface area contributed by atoms with Crippen LogP contribution in [0.15, 0.2) is 83.6 Å². The van der Waals surface area contributed by atoms with Crippen LogP contribution in [0.2, 0.25) is 0 Å². The molecular weight excluding hydrogens is 465 g/mol. The van der Waals surface area contributed by atoms with Crippen molar-refractivity contribution in [2.45, 2.75) is 12.8 Å². The Bertz CT molecular complexity index is 1450. The molecule has 0 aliphatic carbocycles. The van der Waals surface area contributed by atoms with E-state index in [1.165, 1.54) is 16.8 Å². The summed E-state index contributed by atoms with van der Waals surface area (Å²) in [6.45, 7) is 1.83. The minimum absolute atomic E-state index is 0.0267. The van der Waals surface area contributed by atoms with Crippen molar-refractivity contribution in [3.63, 3.8) is 0 Å². The van der Waals surface area contributed by atoms with E-state index in [0.717, 1.165) is 30.7 Å². The second kappa shape index (κ2) is 9.76. The lowest BCUT2D eigenvalue weighted by Gasteiger charge is -2.36. The van der Waals surface area contributed by atoms with Gasteiger partial charge in [0.05, 0.1) is 54.9 Å². The van der Waals surface area contributed by atoms with Gasteiger partial charge in [-0.15, -0.1) is 0 Å². The molecule has 1 aliphatic rings. The van der Waals surface area contributed by atoms with Crippen LogP contribution >= 0.6 is 0 Å². The summed E-state index contributed by atoms with van der Waals surface area (Å²) >= 11 is 0. The number of carbonyl (C=O) groups excluding carboxylic acids is 2. The van der Waals surface area contributed by atoms with Gasteiger partial charge < -0.3 is 15.2 Å². The lowest BCUT2D eigenvalue weighted by Crippen LogP contribution is -2.41. The molecule has 10 heteroatoms. The van der Waals surface area contributed by atoms with Crippen molar-refractivity contribution in [2.24, 2.45) is 5.73 Å². The molecule has 3 aromatic rings. The number of methoxy groups -OCH3 is 2. The fraction of sp³-hybridized carbons (Fsp3) is 0.154. The molecular formula is C26H22FN5O4. The average molecular weight is 487 g/mol. The highest BCUT2D eigenvalue weighted by molar-refractivity contribution is 6.06. The summed E-state index contributed by atoms with van der Waals surface area (Å²) in [6.07, 6.45) is 3.30. The summed E-state index contributed by atoms with van der Waals surface area (Å²) in [5.41, 5.74) is 7.78. The summed E-state index contributed by atoms with van der Waals surface area (Å²) in [7, 11) is 2.30. The number of allylic oxidation sites excluding steroid dienone is 1. The van der Waals surface area contributed by atoms with Gasteiger partial charge in [-0.2, -0.15) is 10.4 Å². The van der Waals surface area contributed by atoms with Gasteiger partial charge in [0.15, 0.2) is 0 Å². The summed E-state index contributed by atoms with van der Waals surface area (Å²) in [5, 5.41) is 14.4. The molecule has 0 saturated heterocycles. The molecule has 2 N–H and O–H groups in total. The van der Waals surface area contributed by atoms with Gasteiger partial charge in [-0.25, -0.2) is 18.7 Å². The molecule has 1 aromatic heterocycles. The molecule has 0 spiro atoms. The number of hydrogen-bond donors (Lipinski definition) is 1. The first-order chi connectivity index (χ1) is 17.3. The van der Waals surface area contributed by atoms with Crippen molar-refractivity contribution >= 4 is 17.6 Å². The quantitative estimate of drug-likeness (QED) is 0.544. The maximum absolute atomic E-state index is 14.6. The Morgan fingerprint density at radius 1 is 1.08 bits per heavy atom. The minimum atomic E-state index is -1.03. The Labute approximate surface area is 206 Å². The topological polar surface area (TPSA) is 123 Å². The number of nitriles is 1. The van der Waals surface area contributed by atoms with Crippen LogP contribution in [-0.2, 0) is 19.1 Å². The molecule has 2 heterocycles. The van der Waals surface area contributed by atoms with Gasteiger partial charge >= 0.3 is 11.9 Å². The molecule has 0 bridgehead atoms. The molecule has 1 unspecified atom stereocenters. The van der Waals surface area contributed by atoms with E-state index < -0.39 is 23.7 Å². The SMILES string of the molecule is COC(=O)C1=C(C(=O)OC)N(c2cc(F)ccc2-n2cc(C)cn2)C(N)=C(C#N)C1c1ccccc1. The molecule has 0 saturated carbocycles. The number of nitrogens with zero attached hydrogens (tertiary/aromatic N) is 4. The Balaban J connectivity index is 2.11. The van der Waals surface area contributed by atoms with E-state index >= 15 is 0 Å². The highest BCUT2D eigenvalue weighted by atomic mass is 19.1. The Kier molecular flexibility index (Phi) is 6.56. The van der Waals surface area contributed by atoms with Gasteiger partial charge in [-0.1, -0.05) is 30.3 Å². The zero-order chi connectivity index (χ0) is 26.0. The molecule has 4 rings (SSSR count). The van der Waals surface area contributed by atoms with Gasteiger partial charge in [0.2, 0.25) is 0 Å². The molecule has 1 atom stereocenters.